The molecule has 1 aromatic heterocycles. The normalized spacial score (nSPS) is 10.2. The van der Waals surface area contributed by atoms with Gasteiger partial charge in [-0.2, -0.15) is 0 Å². The van der Waals surface area contributed by atoms with E-state index < -0.39 is 0 Å². The van der Waals surface area contributed by atoms with Gasteiger partial charge in [0.2, 0.25) is 5.91 Å². The van der Waals surface area contributed by atoms with E-state index in [1.807, 2.05) is 36.6 Å². The maximum Gasteiger partial charge on any atom is 0.307 e. The Morgan fingerprint density at radius 2 is 2.13 bits per heavy atom. The van der Waals surface area contributed by atoms with E-state index in [2.05, 4.69) is 17.6 Å². The van der Waals surface area contributed by atoms with E-state index in [1.165, 1.54) is 0 Å². The first-order valence-electron chi connectivity index (χ1n) is 7.34. The van der Waals surface area contributed by atoms with Crippen molar-refractivity contribution >= 4 is 35.3 Å². The van der Waals surface area contributed by atoms with Crippen LogP contribution in [0, 0.1) is 6.92 Å². The van der Waals surface area contributed by atoms with Crippen LogP contribution in [-0.4, -0.2) is 17.0 Å². The van der Waals surface area contributed by atoms with Crippen LogP contribution in [-0.2, 0) is 17.9 Å². The summed E-state index contributed by atoms with van der Waals surface area (Å²) in [6.45, 7) is 6.03. The fourth-order valence-electron chi connectivity index (χ4n) is 2.14. The molecular weight excluding hydrogens is 334 g/mol. The summed E-state index contributed by atoms with van der Waals surface area (Å²) in [6, 6.07) is 7.78. The molecule has 0 saturated heterocycles. The molecule has 2 aromatic rings. The molecule has 0 fully saturated rings. The number of carbonyl (C=O) groups excluding carboxylic acids is 1. The Morgan fingerprint density at radius 3 is 2.78 bits per heavy atom. The molecule has 0 spiro atoms. The highest BCUT2D eigenvalue weighted by molar-refractivity contribution is 7.07. The summed E-state index contributed by atoms with van der Waals surface area (Å²) in [5.74, 6) is -0.0851. The number of nitrogens with zero attached hydrogens (tertiary/aromatic N) is 1. The van der Waals surface area contributed by atoms with Crippen LogP contribution in [0.4, 0.5) is 5.69 Å². The number of halogens is 1. The van der Waals surface area contributed by atoms with Crippen LogP contribution in [0.25, 0.3) is 0 Å². The Hall–Kier alpha value is -1.63. The Labute approximate surface area is 146 Å². The number of amides is 1. The number of benzene rings is 1. The highest BCUT2D eigenvalue weighted by Crippen LogP contribution is 2.11. The number of aromatic nitrogens is 1. The van der Waals surface area contributed by atoms with Gasteiger partial charge in [-0.05, 0) is 31.2 Å². The summed E-state index contributed by atoms with van der Waals surface area (Å²) in [6.07, 6.45) is 0.287. The van der Waals surface area contributed by atoms with Gasteiger partial charge in [0.25, 0.3) is 0 Å². The Balaban J connectivity index is 0.00000264. The van der Waals surface area contributed by atoms with E-state index in [4.69, 9.17) is 0 Å². The molecule has 1 heterocycles. The Bertz CT molecular complexity index is 697. The number of thiazole rings is 1. The zero-order chi connectivity index (χ0) is 15.9. The summed E-state index contributed by atoms with van der Waals surface area (Å²) in [5, 5.41) is 7.94. The first kappa shape index (κ1) is 19.4. The lowest BCUT2D eigenvalue weighted by Crippen LogP contribution is -2.20. The molecule has 1 amide bonds. The van der Waals surface area contributed by atoms with Crippen LogP contribution in [0.1, 0.15) is 24.6 Å². The van der Waals surface area contributed by atoms with Crippen LogP contribution in [0.15, 0.2) is 34.4 Å². The number of anilines is 1. The van der Waals surface area contributed by atoms with Crippen molar-refractivity contribution < 1.29 is 4.79 Å². The molecule has 7 heteroatoms. The lowest BCUT2D eigenvalue weighted by atomic mass is 10.2. The molecule has 0 bridgehead atoms. The van der Waals surface area contributed by atoms with Crippen LogP contribution in [0.3, 0.4) is 0 Å². The molecule has 0 unspecified atom stereocenters. The molecule has 2 N–H and O–H groups in total. The fourth-order valence-corrected chi connectivity index (χ4v) is 2.90. The standard InChI is InChI=1S/C16H21N3O2S.ClH/c1-3-17-10-13-5-4-6-14(9-13)18-15(20)7-8-19-12(2)11-22-16(19)21;/h4-6,9,11,17H,3,7-8,10H2,1-2H3,(H,18,20);1H. The van der Waals surface area contributed by atoms with E-state index in [-0.39, 0.29) is 29.6 Å². The topological polar surface area (TPSA) is 63.1 Å². The van der Waals surface area contributed by atoms with E-state index >= 15 is 0 Å². The van der Waals surface area contributed by atoms with Crippen molar-refractivity contribution in [3.05, 3.63) is 50.6 Å². The summed E-state index contributed by atoms with van der Waals surface area (Å²) >= 11 is 1.16. The first-order chi connectivity index (χ1) is 10.6. The van der Waals surface area contributed by atoms with Crippen LogP contribution in [0.5, 0.6) is 0 Å². The molecule has 0 atom stereocenters. The monoisotopic (exact) mass is 355 g/mol. The minimum Gasteiger partial charge on any atom is -0.326 e. The first-order valence-corrected chi connectivity index (χ1v) is 8.22. The maximum absolute atomic E-state index is 12.0. The number of hydrogen-bond acceptors (Lipinski definition) is 4. The molecule has 0 saturated carbocycles. The van der Waals surface area contributed by atoms with Gasteiger partial charge in [0.05, 0.1) is 0 Å². The SMILES string of the molecule is CCNCc1cccc(NC(=O)CCn2c(C)csc2=O)c1.Cl. The molecule has 2 rings (SSSR count). The van der Waals surface area contributed by atoms with Crippen LogP contribution >= 0.6 is 23.7 Å². The van der Waals surface area contributed by atoms with Gasteiger partial charge in [0.1, 0.15) is 0 Å². The maximum atomic E-state index is 12.0. The number of hydrogen-bond donors (Lipinski definition) is 2. The number of rotatable bonds is 7. The second-order valence-electron chi connectivity index (χ2n) is 5.07. The molecule has 0 aliphatic heterocycles. The van der Waals surface area contributed by atoms with Crippen LogP contribution in [0.2, 0.25) is 0 Å². The van der Waals surface area contributed by atoms with Crippen LogP contribution < -0.4 is 15.5 Å². The number of nitrogens with one attached hydrogen (secondary N) is 2. The third-order valence-corrected chi connectivity index (χ3v) is 4.21. The highest BCUT2D eigenvalue weighted by atomic mass is 35.5. The Morgan fingerprint density at radius 1 is 1.35 bits per heavy atom. The lowest BCUT2D eigenvalue weighted by molar-refractivity contribution is -0.116. The predicted molar refractivity (Wildman–Crippen MR) is 97.6 cm³/mol. The van der Waals surface area contributed by atoms with Gasteiger partial charge in [-0.3, -0.25) is 9.59 Å². The lowest BCUT2D eigenvalue weighted by Gasteiger charge is -2.08. The summed E-state index contributed by atoms with van der Waals surface area (Å²) in [5.41, 5.74) is 2.81. The molecule has 1 aromatic carbocycles. The number of aryl methyl sites for hydroxylation is 1. The predicted octanol–water partition coefficient (Wildman–Crippen LogP) is 2.78. The molecular formula is C16H22ClN3O2S. The van der Waals surface area contributed by atoms with Crippen molar-refractivity contribution in [3.63, 3.8) is 0 Å². The zero-order valence-electron chi connectivity index (χ0n) is 13.3. The second kappa shape index (κ2) is 9.50. The quantitative estimate of drug-likeness (QED) is 0.802. The van der Waals surface area contributed by atoms with E-state index in [0.717, 1.165) is 41.4 Å². The van der Waals surface area contributed by atoms with Crippen molar-refractivity contribution in [2.75, 3.05) is 11.9 Å². The van der Waals surface area contributed by atoms with Gasteiger partial charge in [0, 0.05) is 36.3 Å². The largest absolute Gasteiger partial charge is 0.326 e. The van der Waals surface area contributed by atoms with Crippen molar-refractivity contribution in [1.82, 2.24) is 9.88 Å². The average Bonchev–Trinajstić information content (AvgIpc) is 2.82. The molecule has 0 radical (unpaired) electrons. The van der Waals surface area contributed by atoms with Gasteiger partial charge in [-0.1, -0.05) is 30.4 Å². The van der Waals surface area contributed by atoms with Crippen molar-refractivity contribution in [3.8, 4) is 0 Å². The molecule has 23 heavy (non-hydrogen) atoms. The van der Waals surface area contributed by atoms with E-state index in [0.29, 0.717) is 6.54 Å². The zero-order valence-corrected chi connectivity index (χ0v) is 14.9. The van der Waals surface area contributed by atoms with Gasteiger partial charge < -0.3 is 15.2 Å². The minimum absolute atomic E-state index is 0. The highest BCUT2D eigenvalue weighted by Gasteiger charge is 2.07. The molecule has 5 nitrogen and oxygen atoms in total. The molecule has 0 aliphatic carbocycles. The molecule has 126 valence electrons. The number of carbonyl (C=O) groups is 1. The van der Waals surface area contributed by atoms with E-state index in [1.54, 1.807) is 4.57 Å². The third kappa shape index (κ3) is 5.82. The smallest absolute Gasteiger partial charge is 0.307 e. The summed E-state index contributed by atoms with van der Waals surface area (Å²) in [4.78, 5) is 23.6. The second-order valence-corrected chi connectivity index (χ2v) is 5.89. The summed E-state index contributed by atoms with van der Waals surface area (Å²) in [7, 11) is 0. The van der Waals surface area contributed by atoms with Gasteiger partial charge in [-0.15, -0.1) is 12.4 Å². The minimum atomic E-state index is -0.0851. The fraction of sp³-hybridized carbons (Fsp3) is 0.375. The van der Waals surface area contributed by atoms with Crippen molar-refractivity contribution in [2.24, 2.45) is 0 Å². The van der Waals surface area contributed by atoms with Crippen molar-refractivity contribution in [1.29, 1.82) is 0 Å². The van der Waals surface area contributed by atoms with Crippen molar-refractivity contribution in [2.45, 2.75) is 33.4 Å². The average molecular weight is 356 g/mol. The van der Waals surface area contributed by atoms with Gasteiger partial charge in [0.15, 0.2) is 0 Å². The van der Waals surface area contributed by atoms with Gasteiger partial charge >= 0.3 is 4.87 Å². The summed E-state index contributed by atoms with van der Waals surface area (Å²) < 4.78 is 1.63. The van der Waals surface area contributed by atoms with E-state index in [9.17, 15) is 9.59 Å². The molecule has 0 aliphatic rings. The Kier molecular flexibility index (Phi) is 8.02. The van der Waals surface area contributed by atoms with Gasteiger partial charge in [-0.25, -0.2) is 0 Å². The third-order valence-electron chi connectivity index (χ3n) is 3.33.